The molecule has 5 nitrogen and oxygen atoms in total. The summed E-state index contributed by atoms with van der Waals surface area (Å²) in [5.41, 5.74) is 5.99. The topological polar surface area (TPSA) is 88.2 Å². The maximum atomic E-state index is 12.2. The van der Waals surface area contributed by atoms with Gasteiger partial charge in [0, 0.05) is 23.7 Å². The number of nitrogen functional groups attached to an aromatic ring is 1. The summed E-state index contributed by atoms with van der Waals surface area (Å²) < 4.78 is 0. The minimum absolute atomic E-state index is 0.0245. The molecule has 2 heterocycles. The smallest absolute Gasteiger partial charge is 0.263 e. The molecule has 19 heavy (non-hydrogen) atoms. The first kappa shape index (κ1) is 13.8. The van der Waals surface area contributed by atoms with E-state index in [1.54, 1.807) is 12.3 Å². The highest BCUT2D eigenvalue weighted by Crippen LogP contribution is 2.32. The number of carbonyl (C=O) groups is 1. The highest BCUT2D eigenvalue weighted by molar-refractivity contribution is 7.21. The number of carbonyl (C=O) groups excluding carboxylic acids is 1. The summed E-state index contributed by atoms with van der Waals surface area (Å²) in [6, 6.07) is 3.65. The largest absolute Gasteiger partial charge is 0.397 e. The summed E-state index contributed by atoms with van der Waals surface area (Å²) in [6.07, 6.45) is 2.16. The molecular formula is C13H17N3O2S. The van der Waals surface area contributed by atoms with Crippen molar-refractivity contribution in [2.75, 3.05) is 12.3 Å². The molecule has 0 spiro atoms. The number of nitrogens with two attached hydrogens (primary N) is 1. The van der Waals surface area contributed by atoms with Crippen molar-refractivity contribution in [3.63, 3.8) is 0 Å². The van der Waals surface area contributed by atoms with Gasteiger partial charge in [-0.2, -0.15) is 0 Å². The molecule has 0 aliphatic heterocycles. The van der Waals surface area contributed by atoms with Crippen molar-refractivity contribution < 1.29 is 9.90 Å². The number of hydrogen-bond donors (Lipinski definition) is 3. The fraction of sp³-hybridized carbons (Fsp3) is 0.385. The number of nitrogens with one attached hydrogen (secondary N) is 1. The number of anilines is 1. The molecule has 0 aliphatic carbocycles. The van der Waals surface area contributed by atoms with Gasteiger partial charge >= 0.3 is 0 Å². The standard InChI is InChI=1S/C13H17N3O2S/c1-13(2,5-7-17)16-11(18)10-9(14)8-4-3-6-15-12(8)19-10/h3-4,6,17H,5,7,14H2,1-2H3,(H,16,18). The van der Waals surface area contributed by atoms with Crippen LogP contribution in [0.4, 0.5) is 5.69 Å². The van der Waals surface area contributed by atoms with Gasteiger partial charge in [0.1, 0.15) is 9.71 Å². The average molecular weight is 279 g/mol. The number of amides is 1. The van der Waals surface area contributed by atoms with E-state index in [9.17, 15) is 4.79 Å². The number of rotatable bonds is 4. The molecule has 2 aromatic rings. The SMILES string of the molecule is CC(C)(CCO)NC(=O)c1sc2ncccc2c1N. The molecule has 0 atom stereocenters. The molecule has 0 radical (unpaired) electrons. The van der Waals surface area contributed by atoms with E-state index in [0.29, 0.717) is 17.0 Å². The lowest BCUT2D eigenvalue weighted by atomic mass is 10.0. The second-order valence-electron chi connectivity index (χ2n) is 5.01. The number of aromatic nitrogens is 1. The third-order valence-corrected chi connectivity index (χ3v) is 4.03. The van der Waals surface area contributed by atoms with Crippen LogP contribution in [-0.4, -0.2) is 28.1 Å². The Labute approximate surface area is 115 Å². The van der Waals surface area contributed by atoms with Crippen molar-refractivity contribution in [3.8, 4) is 0 Å². The third-order valence-electron chi connectivity index (χ3n) is 2.90. The van der Waals surface area contributed by atoms with Crippen LogP contribution in [0.2, 0.25) is 0 Å². The number of fused-ring (bicyclic) bond motifs is 1. The Morgan fingerprint density at radius 2 is 2.32 bits per heavy atom. The van der Waals surface area contributed by atoms with Crippen molar-refractivity contribution in [2.24, 2.45) is 0 Å². The molecule has 0 bridgehead atoms. The first-order valence-electron chi connectivity index (χ1n) is 6.01. The number of aliphatic hydroxyl groups excluding tert-OH is 1. The number of thiophene rings is 1. The maximum absolute atomic E-state index is 12.2. The molecule has 4 N–H and O–H groups in total. The zero-order valence-corrected chi connectivity index (χ0v) is 11.8. The molecule has 0 aromatic carbocycles. The van der Waals surface area contributed by atoms with E-state index < -0.39 is 5.54 Å². The van der Waals surface area contributed by atoms with Crippen LogP contribution in [0.25, 0.3) is 10.2 Å². The predicted octanol–water partition coefficient (Wildman–Crippen LogP) is 1.77. The molecule has 6 heteroatoms. The van der Waals surface area contributed by atoms with Crippen LogP contribution in [0.1, 0.15) is 29.9 Å². The van der Waals surface area contributed by atoms with E-state index in [0.717, 1.165) is 10.2 Å². The van der Waals surface area contributed by atoms with Crippen LogP contribution >= 0.6 is 11.3 Å². The Morgan fingerprint density at radius 3 is 2.95 bits per heavy atom. The molecule has 0 unspecified atom stereocenters. The van der Waals surface area contributed by atoms with Gasteiger partial charge in [0.15, 0.2) is 0 Å². The van der Waals surface area contributed by atoms with E-state index in [-0.39, 0.29) is 12.5 Å². The zero-order valence-electron chi connectivity index (χ0n) is 10.9. The minimum atomic E-state index is -0.470. The van der Waals surface area contributed by atoms with Gasteiger partial charge in [-0.25, -0.2) is 4.98 Å². The van der Waals surface area contributed by atoms with E-state index in [4.69, 9.17) is 10.8 Å². The second-order valence-corrected chi connectivity index (χ2v) is 6.01. The number of hydrogen-bond acceptors (Lipinski definition) is 5. The van der Waals surface area contributed by atoms with E-state index in [1.807, 2.05) is 19.9 Å². The Hall–Kier alpha value is -1.66. The number of pyridine rings is 1. The molecule has 2 rings (SSSR count). The molecule has 0 saturated carbocycles. The summed E-state index contributed by atoms with van der Waals surface area (Å²) in [4.78, 5) is 17.7. The van der Waals surface area contributed by atoms with Gasteiger partial charge in [-0.05, 0) is 32.4 Å². The van der Waals surface area contributed by atoms with Crippen molar-refractivity contribution in [1.82, 2.24) is 10.3 Å². The predicted molar refractivity (Wildman–Crippen MR) is 77.3 cm³/mol. The fourth-order valence-electron chi connectivity index (χ4n) is 1.83. The Kier molecular flexibility index (Phi) is 3.73. The van der Waals surface area contributed by atoms with Gasteiger partial charge in [0.05, 0.1) is 5.69 Å². The van der Waals surface area contributed by atoms with Crippen LogP contribution in [-0.2, 0) is 0 Å². The fourth-order valence-corrected chi connectivity index (χ4v) is 2.78. The van der Waals surface area contributed by atoms with Crippen LogP contribution in [0.5, 0.6) is 0 Å². The lowest BCUT2D eigenvalue weighted by Crippen LogP contribution is -2.43. The molecule has 0 aliphatic rings. The highest BCUT2D eigenvalue weighted by atomic mass is 32.1. The summed E-state index contributed by atoms with van der Waals surface area (Å²) in [6.45, 7) is 3.75. The van der Waals surface area contributed by atoms with Crippen molar-refractivity contribution in [1.29, 1.82) is 0 Å². The summed E-state index contributed by atoms with van der Waals surface area (Å²) in [5, 5.41) is 12.7. The van der Waals surface area contributed by atoms with Crippen molar-refractivity contribution in [3.05, 3.63) is 23.2 Å². The molecule has 0 saturated heterocycles. The first-order chi connectivity index (χ1) is 8.94. The highest BCUT2D eigenvalue weighted by Gasteiger charge is 2.24. The normalized spacial score (nSPS) is 11.7. The van der Waals surface area contributed by atoms with E-state index in [2.05, 4.69) is 10.3 Å². The quantitative estimate of drug-likeness (QED) is 0.796. The van der Waals surface area contributed by atoms with Crippen LogP contribution in [0, 0.1) is 0 Å². The first-order valence-corrected chi connectivity index (χ1v) is 6.82. The summed E-state index contributed by atoms with van der Waals surface area (Å²) in [7, 11) is 0. The maximum Gasteiger partial charge on any atom is 0.263 e. The van der Waals surface area contributed by atoms with Gasteiger partial charge in [-0.1, -0.05) is 0 Å². The average Bonchev–Trinajstić information content (AvgIpc) is 2.67. The number of aliphatic hydroxyl groups is 1. The molecular weight excluding hydrogens is 262 g/mol. The Bertz CT molecular complexity index is 607. The van der Waals surface area contributed by atoms with Gasteiger partial charge < -0.3 is 16.2 Å². The van der Waals surface area contributed by atoms with Crippen LogP contribution in [0.3, 0.4) is 0 Å². The molecule has 2 aromatic heterocycles. The third kappa shape index (κ3) is 2.85. The second kappa shape index (κ2) is 5.14. The van der Waals surface area contributed by atoms with Gasteiger partial charge in [-0.3, -0.25) is 4.79 Å². The molecule has 0 fully saturated rings. The Balaban J connectivity index is 2.29. The van der Waals surface area contributed by atoms with Gasteiger partial charge in [0.25, 0.3) is 5.91 Å². The monoisotopic (exact) mass is 279 g/mol. The van der Waals surface area contributed by atoms with Crippen LogP contribution < -0.4 is 11.1 Å². The Morgan fingerprint density at radius 1 is 1.58 bits per heavy atom. The van der Waals surface area contributed by atoms with Crippen LogP contribution in [0.15, 0.2) is 18.3 Å². The molecule has 102 valence electrons. The van der Waals surface area contributed by atoms with Crippen molar-refractivity contribution in [2.45, 2.75) is 25.8 Å². The zero-order chi connectivity index (χ0) is 14.0. The lowest BCUT2D eigenvalue weighted by molar-refractivity contribution is 0.0904. The molecule has 1 amide bonds. The summed E-state index contributed by atoms with van der Waals surface area (Å²) in [5.74, 6) is -0.223. The van der Waals surface area contributed by atoms with Gasteiger partial charge in [0.2, 0.25) is 0 Å². The summed E-state index contributed by atoms with van der Waals surface area (Å²) >= 11 is 1.28. The number of nitrogens with zero attached hydrogens (tertiary/aromatic N) is 1. The van der Waals surface area contributed by atoms with Crippen molar-refractivity contribution >= 4 is 33.1 Å². The van der Waals surface area contributed by atoms with E-state index >= 15 is 0 Å². The minimum Gasteiger partial charge on any atom is -0.397 e. The van der Waals surface area contributed by atoms with E-state index in [1.165, 1.54) is 11.3 Å². The van der Waals surface area contributed by atoms with Gasteiger partial charge in [-0.15, -0.1) is 11.3 Å². The lowest BCUT2D eigenvalue weighted by Gasteiger charge is -2.25.